The molecule has 2 aromatic carbocycles. The van der Waals surface area contributed by atoms with Crippen LogP contribution in [-0.4, -0.2) is 36.3 Å². The van der Waals surface area contributed by atoms with E-state index in [1.807, 2.05) is 13.8 Å². The molecule has 1 unspecified atom stereocenters. The maximum absolute atomic E-state index is 12.5. The highest BCUT2D eigenvalue weighted by atomic mass is 35.5. The molecule has 0 aliphatic rings. The predicted octanol–water partition coefficient (Wildman–Crippen LogP) is 2.96. The summed E-state index contributed by atoms with van der Waals surface area (Å²) < 4.78 is 5.02. The average molecular weight is 404 g/mol. The van der Waals surface area contributed by atoms with Crippen LogP contribution in [0.25, 0.3) is 0 Å². The number of benzene rings is 2. The van der Waals surface area contributed by atoms with Crippen LogP contribution in [0.2, 0.25) is 5.02 Å². The Morgan fingerprint density at radius 2 is 1.86 bits per heavy atom. The molecule has 3 N–H and O–H groups in total. The molecule has 7 nitrogen and oxygen atoms in total. The van der Waals surface area contributed by atoms with Gasteiger partial charge < -0.3 is 15.2 Å². The summed E-state index contributed by atoms with van der Waals surface area (Å²) in [5, 5.41) is 17.1. The van der Waals surface area contributed by atoms with Gasteiger partial charge >= 0.3 is 0 Å². The number of phenols is 1. The van der Waals surface area contributed by atoms with Crippen molar-refractivity contribution in [2.24, 2.45) is 11.0 Å². The van der Waals surface area contributed by atoms with Gasteiger partial charge in [-0.05, 0) is 42.3 Å². The van der Waals surface area contributed by atoms with Crippen LogP contribution in [0.3, 0.4) is 0 Å². The number of aromatic hydroxyl groups is 1. The summed E-state index contributed by atoms with van der Waals surface area (Å²) in [6.45, 7) is 3.62. The second-order valence-corrected chi connectivity index (χ2v) is 6.77. The monoisotopic (exact) mass is 403 g/mol. The maximum Gasteiger partial charge on any atom is 0.262 e. The van der Waals surface area contributed by atoms with Crippen molar-refractivity contribution in [3.8, 4) is 11.5 Å². The maximum atomic E-state index is 12.5. The van der Waals surface area contributed by atoms with E-state index in [1.165, 1.54) is 13.3 Å². The van der Waals surface area contributed by atoms with Crippen molar-refractivity contribution in [1.82, 2.24) is 10.7 Å². The summed E-state index contributed by atoms with van der Waals surface area (Å²) in [6, 6.07) is 10.5. The van der Waals surface area contributed by atoms with E-state index in [0.29, 0.717) is 21.9 Å². The molecule has 0 saturated heterocycles. The van der Waals surface area contributed by atoms with Gasteiger partial charge in [-0.2, -0.15) is 5.10 Å². The summed E-state index contributed by atoms with van der Waals surface area (Å²) in [6.07, 6.45) is 1.30. The fraction of sp³-hybridized carbons (Fsp3) is 0.250. The van der Waals surface area contributed by atoms with Crippen molar-refractivity contribution in [1.29, 1.82) is 0 Å². The van der Waals surface area contributed by atoms with Gasteiger partial charge in [-0.1, -0.05) is 31.5 Å². The first kappa shape index (κ1) is 21.2. The van der Waals surface area contributed by atoms with Crippen LogP contribution in [0.15, 0.2) is 47.6 Å². The van der Waals surface area contributed by atoms with Gasteiger partial charge in [-0.25, -0.2) is 5.43 Å². The van der Waals surface area contributed by atoms with Crippen molar-refractivity contribution < 1.29 is 19.4 Å². The molecule has 0 aromatic heterocycles. The summed E-state index contributed by atoms with van der Waals surface area (Å²) in [7, 11) is 1.44. The molecule has 28 heavy (non-hydrogen) atoms. The molecule has 8 heteroatoms. The van der Waals surface area contributed by atoms with Crippen LogP contribution in [0.4, 0.5) is 0 Å². The molecule has 0 saturated carbocycles. The number of carbonyl (C=O) groups is 2. The van der Waals surface area contributed by atoms with E-state index in [2.05, 4.69) is 15.8 Å². The lowest BCUT2D eigenvalue weighted by molar-refractivity contribution is -0.123. The van der Waals surface area contributed by atoms with E-state index in [9.17, 15) is 14.7 Å². The average Bonchev–Trinajstić information content (AvgIpc) is 2.67. The molecule has 0 radical (unpaired) electrons. The SMILES string of the molecule is COc1cccc(/C=N/NC(=O)C(NC(=O)c2ccc(Cl)cc2)C(C)C)c1O. The molecule has 2 rings (SSSR count). The number of nitrogens with zero attached hydrogens (tertiary/aromatic N) is 1. The quantitative estimate of drug-likeness (QED) is 0.488. The Balaban J connectivity index is 2.05. The Morgan fingerprint density at radius 3 is 2.46 bits per heavy atom. The first-order chi connectivity index (χ1) is 13.3. The zero-order valence-corrected chi connectivity index (χ0v) is 16.5. The minimum absolute atomic E-state index is 0.0838. The number of amides is 2. The second-order valence-electron chi connectivity index (χ2n) is 6.33. The lowest BCUT2D eigenvalue weighted by Crippen LogP contribution is -2.48. The lowest BCUT2D eigenvalue weighted by Gasteiger charge is -2.20. The predicted molar refractivity (Wildman–Crippen MR) is 108 cm³/mol. The van der Waals surface area contributed by atoms with Gasteiger partial charge in [0.15, 0.2) is 11.5 Å². The molecule has 0 fully saturated rings. The van der Waals surface area contributed by atoms with Crippen LogP contribution in [-0.2, 0) is 4.79 Å². The molecule has 0 aliphatic carbocycles. The third kappa shape index (κ3) is 5.47. The number of carbonyl (C=O) groups excluding carboxylic acids is 2. The fourth-order valence-electron chi connectivity index (χ4n) is 2.40. The summed E-state index contributed by atoms with van der Waals surface area (Å²) >= 11 is 5.82. The number of hydrogen-bond acceptors (Lipinski definition) is 5. The van der Waals surface area contributed by atoms with Gasteiger partial charge in [0.05, 0.1) is 13.3 Å². The molecular formula is C20H22ClN3O4. The van der Waals surface area contributed by atoms with E-state index in [0.717, 1.165) is 0 Å². The summed E-state index contributed by atoms with van der Waals surface area (Å²) in [5.74, 6) is -0.822. The van der Waals surface area contributed by atoms with E-state index in [1.54, 1.807) is 42.5 Å². The Bertz CT molecular complexity index is 866. The zero-order valence-electron chi connectivity index (χ0n) is 15.8. The van der Waals surface area contributed by atoms with Gasteiger partial charge in [0.1, 0.15) is 6.04 Å². The third-order valence-corrected chi connectivity index (χ3v) is 4.22. The van der Waals surface area contributed by atoms with Gasteiger partial charge in [-0.15, -0.1) is 0 Å². The highest BCUT2D eigenvalue weighted by Gasteiger charge is 2.24. The molecule has 0 aliphatic heterocycles. The lowest BCUT2D eigenvalue weighted by atomic mass is 10.0. The highest BCUT2D eigenvalue weighted by Crippen LogP contribution is 2.27. The van der Waals surface area contributed by atoms with Gasteiger partial charge in [0.25, 0.3) is 11.8 Å². The molecule has 0 spiro atoms. The number of ether oxygens (including phenoxy) is 1. The van der Waals surface area contributed by atoms with E-state index in [4.69, 9.17) is 16.3 Å². The minimum atomic E-state index is -0.792. The molecule has 0 heterocycles. The van der Waals surface area contributed by atoms with Crippen molar-refractivity contribution in [2.45, 2.75) is 19.9 Å². The van der Waals surface area contributed by atoms with Crippen LogP contribution < -0.4 is 15.5 Å². The number of para-hydroxylation sites is 1. The van der Waals surface area contributed by atoms with Crippen molar-refractivity contribution >= 4 is 29.6 Å². The number of phenolic OH excluding ortho intramolecular Hbond substituents is 1. The first-order valence-corrected chi connectivity index (χ1v) is 8.96. The number of nitrogens with one attached hydrogen (secondary N) is 2. The number of halogens is 1. The molecule has 1 atom stereocenters. The standard InChI is InChI=1S/C20H22ClN3O4/c1-12(2)17(23-19(26)13-7-9-15(21)10-8-13)20(27)24-22-11-14-5-4-6-16(28-3)18(14)25/h4-12,17,25H,1-3H3,(H,23,26)(H,24,27)/b22-11+. The van der Waals surface area contributed by atoms with Crippen LogP contribution in [0, 0.1) is 5.92 Å². The van der Waals surface area contributed by atoms with E-state index in [-0.39, 0.29) is 17.6 Å². The Labute approximate surface area is 168 Å². The van der Waals surface area contributed by atoms with Gasteiger partial charge in [0.2, 0.25) is 0 Å². The van der Waals surface area contributed by atoms with Crippen molar-refractivity contribution in [2.75, 3.05) is 7.11 Å². The van der Waals surface area contributed by atoms with Crippen LogP contribution >= 0.6 is 11.6 Å². The number of rotatable bonds is 7. The number of hydrogen-bond donors (Lipinski definition) is 3. The largest absolute Gasteiger partial charge is 0.504 e. The first-order valence-electron chi connectivity index (χ1n) is 8.58. The van der Waals surface area contributed by atoms with Gasteiger partial charge in [0, 0.05) is 16.1 Å². The van der Waals surface area contributed by atoms with E-state index < -0.39 is 11.9 Å². The van der Waals surface area contributed by atoms with Gasteiger partial charge in [-0.3, -0.25) is 9.59 Å². The van der Waals surface area contributed by atoms with Crippen molar-refractivity contribution in [3.63, 3.8) is 0 Å². The zero-order chi connectivity index (χ0) is 20.7. The number of hydrazone groups is 1. The molecule has 148 valence electrons. The molecule has 2 aromatic rings. The Kier molecular flexibility index (Phi) is 7.40. The van der Waals surface area contributed by atoms with Crippen molar-refractivity contribution in [3.05, 3.63) is 58.6 Å². The number of methoxy groups -OCH3 is 1. The topological polar surface area (TPSA) is 100 Å². The highest BCUT2D eigenvalue weighted by molar-refractivity contribution is 6.30. The van der Waals surface area contributed by atoms with Crippen LogP contribution in [0.1, 0.15) is 29.8 Å². The summed E-state index contributed by atoms with van der Waals surface area (Å²) in [4.78, 5) is 24.8. The Morgan fingerprint density at radius 1 is 1.18 bits per heavy atom. The minimum Gasteiger partial charge on any atom is -0.504 e. The molecule has 2 amide bonds. The second kappa shape index (κ2) is 9.75. The molecular weight excluding hydrogens is 382 g/mol. The molecule has 0 bridgehead atoms. The fourth-order valence-corrected chi connectivity index (χ4v) is 2.53. The van der Waals surface area contributed by atoms with E-state index >= 15 is 0 Å². The normalized spacial score (nSPS) is 12.0. The third-order valence-electron chi connectivity index (χ3n) is 3.97. The van der Waals surface area contributed by atoms with Crippen LogP contribution in [0.5, 0.6) is 11.5 Å². The Hall–Kier alpha value is -3.06. The smallest absolute Gasteiger partial charge is 0.262 e. The summed E-state index contributed by atoms with van der Waals surface area (Å²) in [5.41, 5.74) is 3.16.